The zero-order valence-electron chi connectivity index (χ0n) is 11.8. The summed E-state index contributed by atoms with van der Waals surface area (Å²) in [4.78, 5) is 25.0. The number of nitrogens with two attached hydrogens (primary N) is 1. The second kappa shape index (κ2) is 5.60. The van der Waals surface area contributed by atoms with Gasteiger partial charge in [-0.15, -0.1) is 0 Å². The van der Waals surface area contributed by atoms with Crippen LogP contribution in [0.3, 0.4) is 0 Å². The molecule has 1 atom stereocenters. The molecule has 1 aliphatic heterocycles. The maximum atomic E-state index is 12.5. The third kappa shape index (κ3) is 3.22. The van der Waals surface area contributed by atoms with Crippen molar-refractivity contribution in [3.63, 3.8) is 0 Å². The molecule has 2 rings (SSSR count). The van der Waals surface area contributed by atoms with Crippen molar-refractivity contribution in [2.75, 3.05) is 19.7 Å². The normalized spacial score (nSPS) is 22.5. The number of hydrogen-bond acceptors (Lipinski definition) is 3. The Morgan fingerprint density at radius 3 is 2.36 bits per heavy atom. The predicted molar refractivity (Wildman–Crippen MR) is 70.9 cm³/mol. The summed E-state index contributed by atoms with van der Waals surface area (Å²) >= 11 is 0. The number of carbonyl (C=O) groups is 2. The van der Waals surface area contributed by atoms with Gasteiger partial charge in [0.2, 0.25) is 0 Å². The zero-order chi connectivity index (χ0) is 16.5. The highest BCUT2D eigenvalue weighted by molar-refractivity contribution is 5.95. The second-order valence-electron chi connectivity index (χ2n) is 5.25. The van der Waals surface area contributed by atoms with Gasteiger partial charge >= 0.3 is 6.18 Å². The van der Waals surface area contributed by atoms with E-state index in [2.05, 4.69) is 0 Å². The van der Waals surface area contributed by atoms with Gasteiger partial charge in [0, 0.05) is 12.1 Å². The minimum absolute atomic E-state index is 0.0395. The van der Waals surface area contributed by atoms with Gasteiger partial charge in [-0.3, -0.25) is 9.59 Å². The van der Waals surface area contributed by atoms with Gasteiger partial charge < -0.3 is 15.4 Å². The van der Waals surface area contributed by atoms with Crippen molar-refractivity contribution in [2.45, 2.75) is 18.7 Å². The lowest BCUT2D eigenvalue weighted by Crippen LogP contribution is -2.58. The molecule has 1 unspecified atom stereocenters. The van der Waals surface area contributed by atoms with Crippen molar-refractivity contribution in [1.29, 1.82) is 0 Å². The molecular weight excluding hydrogens is 301 g/mol. The third-order valence-electron chi connectivity index (χ3n) is 3.54. The molecule has 1 saturated heterocycles. The largest absolute Gasteiger partial charge is 0.416 e. The average molecular weight is 316 g/mol. The second-order valence-corrected chi connectivity index (χ2v) is 5.25. The van der Waals surface area contributed by atoms with Crippen molar-refractivity contribution in [3.05, 3.63) is 35.4 Å². The fraction of sp³-hybridized carbons (Fsp3) is 0.429. The van der Waals surface area contributed by atoms with E-state index in [1.54, 1.807) is 0 Å². The van der Waals surface area contributed by atoms with E-state index in [4.69, 9.17) is 10.5 Å². The Labute approximate surface area is 124 Å². The van der Waals surface area contributed by atoms with E-state index in [1.165, 1.54) is 11.8 Å². The molecule has 22 heavy (non-hydrogen) atoms. The van der Waals surface area contributed by atoms with E-state index in [-0.39, 0.29) is 25.3 Å². The molecule has 5 nitrogen and oxygen atoms in total. The lowest BCUT2D eigenvalue weighted by molar-refractivity contribution is -0.150. The monoisotopic (exact) mass is 316 g/mol. The molecule has 1 heterocycles. The van der Waals surface area contributed by atoms with Gasteiger partial charge in [0.15, 0.2) is 5.60 Å². The zero-order valence-corrected chi connectivity index (χ0v) is 11.8. The standard InChI is InChI=1S/C14H15F3N2O3/c1-13(12(18)21)8-19(6-7-22-13)11(20)9-2-4-10(5-3-9)14(15,16)17/h2-5H,6-8H2,1H3,(H2,18,21). The first-order chi connectivity index (χ1) is 10.1. The van der Waals surface area contributed by atoms with E-state index in [1.807, 2.05) is 0 Å². The number of hydrogen-bond donors (Lipinski definition) is 1. The minimum atomic E-state index is -4.45. The number of nitrogens with zero attached hydrogens (tertiary/aromatic N) is 1. The van der Waals surface area contributed by atoms with Crippen LogP contribution in [0.4, 0.5) is 13.2 Å². The first-order valence-corrected chi connectivity index (χ1v) is 6.54. The van der Waals surface area contributed by atoms with Crippen LogP contribution in [0.25, 0.3) is 0 Å². The molecule has 0 radical (unpaired) electrons. The quantitative estimate of drug-likeness (QED) is 0.897. The topological polar surface area (TPSA) is 72.6 Å². The van der Waals surface area contributed by atoms with E-state index < -0.39 is 29.2 Å². The molecule has 2 N–H and O–H groups in total. The highest BCUT2D eigenvalue weighted by Gasteiger charge is 2.39. The molecule has 1 aliphatic rings. The molecule has 8 heteroatoms. The lowest BCUT2D eigenvalue weighted by Gasteiger charge is -2.38. The Morgan fingerprint density at radius 1 is 1.27 bits per heavy atom. The van der Waals surface area contributed by atoms with E-state index >= 15 is 0 Å². The average Bonchev–Trinajstić information content (AvgIpc) is 2.45. The molecule has 1 fully saturated rings. The van der Waals surface area contributed by atoms with Crippen LogP contribution in [0.5, 0.6) is 0 Å². The van der Waals surface area contributed by atoms with Gasteiger partial charge in [-0.25, -0.2) is 0 Å². The molecule has 0 spiro atoms. The summed E-state index contributed by atoms with van der Waals surface area (Å²) in [6.07, 6.45) is -4.45. The first-order valence-electron chi connectivity index (χ1n) is 6.54. The summed E-state index contributed by atoms with van der Waals surface area (Å²) in [5, 5.41) is 0. The molecule has 0 saturated carbocycles. The number of benzene rings is 1. The summed E-state index contributed by atoms with van der Waals surface area (Å²) in [6, 6.07) is 3.92. The molecule has 0 aliphatic carbocycles. The molecule has 0 aromatic heterocycles. The van der Waals surface area contributed by atoms with Crippen LogP contribution in [0.15, 0.2) is 24.3 Å². The summed E-state index contributed by atoms with van der Waals surface area (Å²) in [5.74, 6) is -1.16. The molecule has 0 bridgehead atoms. The highest BCUT2D eigenvalue weighted by atomic mass is 19.4. The number of morpholine rings is 1. The van der Waals surface area contributed by atoms with Crippen LogP contribution in [-0.4, -0.2) is 42.0 Å². The SMILES string of the molecule is CC1(C(N)=O)CN(C(=O)c2ccc(C(F)(F)F)cc2)CCO1. The molecule has 120 valence electrons. The van der Waals surface area contributed by atoms with E-state index in [9.17, 15) is 22.8 Å². The van der Waals surface area contributed by atoms with Crippen molar-refractivity contribution >= 4 is 11.8 Å². The summed E-state index contributed by atoms with van der Waals surface area (Å²) in [7, 11) is 0. The smallest absolute Gasteiger partial charge is 0.367 e. The van der Waals surface area contributed by atoms with E-state index in [0.717, 1.165) is 24.3 Å². The first kappa shape index (κ1) is 16.3. The van der Waals surface area contributed by atoms with Gasteiger partial charge in [0.05, 0.1) is 18.7 Å². The molecular formula is C14H15F3N2O3. The van der Waals surface area contributed by atoms with Gasteiger partial charge in [-0.05, 0) is 31.2 Å². The number of rotatable bonds is 2. The third-order valence-corrected chi connectivity index (χ3v) is 3.54. The van der Waals surface area contributed by atoms with Gasteiger partial charge in [0.1, 0.15) is 0 Å². The number of alkyl halides is 3. The highest BCUT2D eigenvalue weighted by Crippen LogP contribution is 2.29. The molecule has 2 amide bonds. The molecule has 1 aromatic rings. The van der Waals surface area contributed by atoms with Crippen LogP contribution in [0.2, 0.25) is 0 Å². The summed E-state index contributed by atoms with van der Waals surface area (Å²) in [6.45, 7) is 1.80. The Kier molecular flexibility index (Phi) is 4.15. The van der Waals surface area contributed by atoms with Gasteiger partial charge in [-0.1, -0.05) is 0 Å². The van der Waals surface area contributed by atoms with E-state index in [0.29, 0.717) is 0 Å². The molecule has 1 aromatic carbocycles. The van der Waals surface area contributed by atoms with Crippen molar-refractivity contribution in [1.82, 2.24) is 4.90 Å². The Bertz CT molecular complexity index is 586. The Balaban J connectivity index is 2.16. The summed E-state index contributed by atoms with van der Waals surface area (Å²) < 4.78 is 42.8. The maximum absolute atomic E-state index is 12.5. The van der Waals surface area contributed by atoms with Gasteiger partial charge in [0.25, 0.3) is 11.8 Å². The number of halogens is 3. The maximum Gasteiger partial charge on any atom is 0.416 e. The fourth-order valence-corrected chi connectivity index (χ4v) is 2.18. The Morgan fingerprint density at radius 2 is 1.86 bits per heavy atom. The van der Waals surface area contributed by atoms with Crippen LogP contribution in [-0.2, 0) is 15.7 Å². The lowest BCUT2D eigenvalue weighted by atomic mass is 10.0. The fourth-order valence-electron chi connectivity index (χ4n) is 2.18. The van der Waals surface area contributed by atoms with Gasteiger partial charge in [-0.2, -0.15) is 13.2 Å². The van der Waals surface area contributed by atoms with Crippen LogP contribution in [0, 0.1) is 0 Å². The van der Waals surface area contributed by atoms with Crippen LogP contribution >= 0.6 is 0 Å². The summed E-state index contributed by atoms with van der Waals surface area (Å²) in [5.41, 5.74) is 3.24. The number of carbonyl (C=O) groups excluding carboxylic acids is 2. The number of ether oxygens (including phenoxy) is 1. The Hall–Kier alpha value is -2.09. The van der Waals surface area contributed by atoms with Crippen molar-refractivity contribution < 1.29 is 27.5 Å². The minimum Gasteiger partial charge on any atom is -0.367 e. The van der Waals surface area contributed by atoms with Crippen molar-refractivity contribution in [2.24, 2.45) is 5.73 Å². The number of primary amides is 1. The van der Waals surface area contributed by atoms with Crippen LogP contribution < -0.4 is 5.73 Å². The predicted octanol–water partition coefficient (Wildman–Crippen LogP) is 1.42. The number of amides is 2. The van der Waals surface area contributed by atoms with Crippen LogP contribution in [0.1, 0.15) is 22.8 Å². The van der Waals surface area contributed by atoms with Crippen molar-refractivity contribution in [3.8, 4) is 0 Å².